The molecule has 0 bridgehead atoms. The SMILES string of the molecule is O=C(O)c1ccccc1Cn1c(=O)[nH]c2ccccc21. The molecular weight excluding hydrogens is 256 g/mol. The van der Waals surface area contributed by atoms with Crippen molar-refractivity contribution >= 4 is 17.0 Å². The third-order valence-electron chi connectivity index (χ3n) is 3.26. The molecule has 0 aliphatic heterocycles. The molecule has 0 radical (unpaired) electrons. The molecule has 0 aliphatic rings. The van der Waals surface area contributed by atoms with E-state index >= 15 is 0 Å². The van der Waals surface area contributed by atoms with Gasteiger partial charge in [-0.1, -0.05) is 30.3 Å². The average molecular weight is 268 g/mol. The largest absolute Gasteiger partial charge is 0.478 e. The van der Waals surface area contributed by atoms with Gasteiger partial charge in [0.05, 0.1) is 23.1 Å². The summed E-state index contributed by atoms with van der Waals surface area (Å²) < 4.78 is 1.54. The van der Waals surface area contributed by atoms with Gasteiger partial charge in [0, 0.05) is 0 Å². The summed E-state index contributed by atoms with van der Waals surface area (Å²) in [6.07, 6.45) is 0. The molecule has 0 unspecified atom stereocenters. The molecule has 5 nitrogen and oxygen atoms in total. The molecule has 3 aromatic rings. The first-order valence-corrected chi connectivity index (χ1v) is 6.15. The normalized spacial score (nSPS) is 10.8. The number of imidazole rings is 1. The van der Waals surface area contributed by atoms with Gasteiger partial charge in [-0.3, -0.25) is 4.57 Å². The van der Waals surface area contributed by atoms with Crippen LogP contribution < -0.4 is 5.69 Å². The minimum Gasteiger partial charge on any atom is -0.478 e. The molecule has 0 saturated carbocycles. The van der Waals surface area contributed by atoms with E-state index in [1.807, 2.05) is 24.3 Å². The summed E-state index contributed by atoms with van der Waals surface area (Å²) in [6, 6.07) is 14.0. The van der Waals surface area contributed by atoms with Gasteiger partial charge in [0.1, 0.15) is 0 Å². The molecule has 0 fully saturated rings. The summed E-state index contributed by atoms with van der Waals surface area (Å²) >= 11 is 0. The number of para-hydroxylation sites is 2. The fraction of sp³-hybridized carbons (Fsp3) is 0.0667. The Morgan fingerprint density at radius 1 is 1.10 bits per heavy atom. The van der Waals surface area contributed by atoms with Gasteiger partial charge >= 0.3 is 11.7 Å². The molecule has 0 aliphatic carbocycles. The number of rotatable bonds is 3. The van der Waals surface area contributed by atoms with Crippen molar-refractivity contribution in [1.29, 1.82) is 0 Å². The number of fused-ring (bicyclic) bond motifs is 1. The first-order valence-electron chi connectivity index (χ1n) is 6.15. The van der Waals surface area contributed by atoms with Crippen LogP contribution in [-0.2, 0) is 6.54 Å². The van der Waals surface area contributed by atoms with Gasteiger partial charge in [-0.15, -0.1) is 0 Å². The van der Waals surface area contributed by atoms with Crippen molar-refractivity contribution in [2.24, 2.45) is 0 Å². The van der Waals surface area contributed by atoms with E-state index in [9.17, 15) is 14.7 Å². The van der Waals surface area contributed by atoms with Gasteiger partial charge < -0.3 is 10.1 Å². The van der Waals surface area contributed by atoms with Crippen LogP contribution in [0.15, 0.2) is 53.3 Å². The van der Waals surface area contributed by atoms with Crippen molar-refractivity contribution in [3.05, 3.63) is 70.1 Å². The fourth-order valence-electron chi connectivity index (χ4n) is 2.30. The molecule has 20 heavy (non-hydrogen) atoms. The van der Waals surface area contributed by atoms with Crippen LogP contribution in [0.4, 0.5) is 0 Å². The molecule has 1 aromatic heterocycles. The Bertz CT molecular complexity index is 845. The van der Waals surface area contributed by atoms with Gasteiger partial charge in [-0.2, -0.15) is 0 Å². The van der Waals surface area contributed by atoms with Crippen LogP contribution in [0.3, 0.4) is 0 Å². The number of hydrogen-bond donors (Lipinski definition) is 2. The Morgan fingerprint density at radius 2 is 1.80 bits per heavy atom. The van der Waals surface area contributed by atoms with Crippen molar-refractivity contribution in [3.63, 3.8) is 0 Å². The number of hydrogen-bond acceptors (Lipinski definition) is 2. The molecule has 1 heterocycles. The van der Waals surface area contributed by atoms with Crippen LogP contribution in [0.2, 0.25) is 0 Å². The van der Waals surface area contributed by atoms with Gasteiger partial charge in [-0.05, 0) is 23.8 Å². The monoisotopic (exact) mass is 268 g/mol. The van der Waals surface area contributed by atoms with E-state index in [0.717, 1.165) is 11.0 Å². The maximum absolute atomic E-state index is 12.0. The van der Waals surface area contributed by atoms with Crippen LogP contribution in [0.1, 0.15) is 15.9 Å². The lowest BCUT2D eigenvalue weighted by Crippen LogP contribution is -2.18. The van der Waals surface area contributed by atoms with Crippen molar-refractivity contribution < 1.29 is 9.90 Å². The van der Waals surface area contributed by atoms with E-state index in [-0.39, 0.29) is 17.8 Å². The predicted octanol–water partition coefficient (Wildman–Crippen LogP) is 2.08. The molecular formula is C15H12N2O3. The topological polar surface area (TPSA) is 75.1 Å². The van der Waals surface area contributed by atoms with Crippen LogP contribution in [0, 0.1) is 0 Å². The lowest BCUT2D eigenvalue weighted by atomic mass is 10.1. The van der Waals surface area contributed by atoms with Crippen LogP contribution in [0.25, 0.3) is 11.0 Å². The van der Waals surface area contributed by atoms with Crippen molar-refractivity contribution in [2.45, 2.75) is 6.54 Å². The molecule has 0 saturated heterocycles. The highest BCUT2D eigenvalue weighted by Crippen LogP contribution is 2.14. The second kappa shape index (κ2) is 4.70. The molecule has 0 atom stereocenters. The zero-order valence-corrected chi connectivity index (χ0v) is 10.5. The number of H-pyrrole nitrogens is 1. The zero-order chi connectivity index (χ0) is 14.1. The highest BCUT2D eigenvalue weighted by atomic mass is 16.4. The lowest BCUT2D eigenvalue weighted by molar-refractivity contribution is 0.0695. The number of aromatic nitrogens is 2. The van der Waals surface area contributed by atoms with E-state index in [0.29, 0.717) is 5.56 Å². The van der Waals surface area contributed by atoms with Crippen LogP contribution in [0.5, 0.6) is 0 Å². The minimum absolute atomic E-state index is 0.213. The van der Waals surface area contributed by atoms with E-state index in [1.165, 1.54) is 10.6 Å². The third-order valence-corrected chi connectivity index (χ3v) is 3.26. The summed E-state index contributed by atoms with van der Waals surface area (Å²) in [5.74, 6) is -0.992. The number of benzene rings is 2. The molecule has 3 rings (SSSR count). The number of nitrogens with one attached hydrogen (secondary N) is 1. The molecule has 2 N–H and O–H groups in total. The minimum atomic E-state index is -0.992. The maximum atomic E-state index is 12.0. The molecule has 100 valence electrons. The fourth-order valence-corrected chi connectivity index (χ4v) is 2.30. The van der Waals surface area contributed by atoms with E-state index in [1.54, 1.807) is 18.2 Å². The zero-order valence-electron chi connectivity index (χ0n) is 10.5. The number of carboxylic acids is 1. The van der Waals surface area contributed by atoms with Gasteiger partial charge in [0.15, 0.2) is 0 Å². The number of aromatic carboxylic acids is 1. The highest BCUT2D eigenvalue weighted by Gasteiger charge is 2.12. The summed E-state index contributed by atoms with van der Waals surface area (Å²) in [5.41, 5.74) is 2.07. The summed E-state index contributed by atoms with van der Waals surface area (Å²) in [4.78, 5) is 25.9. The molecule has 0 amide bonds. The number of carboxylic acid groups (broad SMARTS) is 1. The molecule has 0 spiro atoms. The predicted molar refractivity (Wildman–Crippen MR) is 75.1 cm³/mol. The Hall–Kier alpha value is -2.82. The Kier molecular flexibility index (Phi) is 2.87. The van der Waals surface area contributed by atoms with E-state index in [4.69, 9.17) is 0 Å². The smallest absolute Gasteiger partial charge is 0.336 e. The third kappa shape index (κ3) is 1.99. The van der Waals surface area contributed by atoms with Crippen molar-refractivity contribution in [3.8, 4) is 0 Å². The Morgan fingerprint density at radius 3 is 2.60 bits per heavy atom. The van der Waals surface area contributed by atoms with Gasteiger partial charge in [0.25, 0.3) is 0 Å². The summed E-state index contributed by atoms with van der Waals surface area (Å²) in [7, 11) is 0. The second-order valence-electron chi connectivity index (χ2n) is 4.50. The first kappa shape index (κ1) is 12.2. The number of nitrogens with zero attached hydrogens (tertiary/aromatic N) is 1. The van der Waals surface area contributed by atoms with Crippen molar-refractivity contribution in [2.75, 3.05) is 0 Å². The van der Waals surface area contributed by atoms with Gasteiger partial charge in [-0.25, -0.2) is 9.59 Å². The molecule has 2 aromatic carbocycles. The van der Waals surface area contributed by atoms with E-state index < -0.39 is 5.97 Å². The standard InChI is InChI=1S/C15H12N2O3/c18-14(19)11-6-2-1-5-10(11)9-17-13-8-4-3-7-12(13)16-15(17)20/h1-8H,9H2,(H,16,20)(H,18,19). The quantitative estimate of drug-likeness (QED) is 0.763. The van der Waals surface area contributed by atoms with Crippen molar-refractivity contribution in [1.82, 2.24) is 9.55 Å². The lowest BCUT2D eigenvalue weighted by Gasteiger charge is -2.07. The Balaban J connectivity index is 2.13. The molecule has 5 heteroatoms. The average Bonchev–Trinajstić information content (AvgIpc) is 2.76. The van der Waals surface area contributed by atoms with Crippen LogP contribution in [-0.4, -0.2) is 20.6 Å². The Labute approximate surface area is 114 Å². The summed E-state index contributed by atoms with van der Waals surface area (Å²) in [6.45, 7) is 0.227. The van der Waals surface area contributed by atoms with Crippen LogP contribution >= 0.6 is 0 Å². The second-order valence-corrected chi connectivity index (χ2v) is 4.50. The number of aromatic amines is 1. The first-order chi connectivity index (χ1) is 9.66. The summed E-state index contributed by atoms with van der Waals surface area (Å²) in [5, 5.41) is 9.18. The number of carbonyl (C=O) groups is 1. The van der Waals surface area contributed by atoms with E-state index in [2.05, 4.69) is 4.98 Å². The maximum Gasteiger partial charge on any atom is 0.336 e. The highest BCUT2D eigenvalue weighted by molar-refractivity contribution is 5.89. The van der Waals surface area contributed by atoms with Gasteiger partial charge in [0.2, 0.25) is 0 Å².